The molecule has 0 radical (unpaired) electrons. The van der Waals surface area contributed by atoms with Gasteiger partial charge in [0, 0.05) is 17.9 Å². The van der Waals surface area contributed by atoms with Gasteiger partial charge in [0.05, 0.1) is 34.5 Å². The summed E-state index contributed by atoms with van der Waals surface area (Å²) in [6, 6.07) is 11.1. The van der Waals surface area contributed by atoms with Crippen LogP contribution in [0.5, 0.6) is 0 Å². The minimum atomic E-state index is -0.491. The molecule has 168 valence electrons. The van der Waals surface area contributed by atoms with Crippen LogP contribution in [0, 0.1) is 0 Å². The van der Waals surface area contributed by atoms with E-state index < -0.39 is 18.0 Å². The fraction of sp³-hybridized carbons (Fsp3) is 0.227. The van der Waals surface area contributed by atoms with Gasteiger partial charge in [0.15, 0.2) is 5.11 Å². The number of urea groups is 1. The molecule has 1 aliphatic rings. The SMILES string of the molecule is CCN1C(=S)N[C@H](c2ccc(NC(=O)Nc3c(Cl)cccc3Cl)cc2)C(C(=O)OC)=C1C. The van der Waals surface area contributed by atoms with Crippen molar-refractivity contribution in [3.05, 3.63) is 69.3 Å². The van der Waals surface area contributed by atoms with Gasteiger partial charge in [0.25, 0.3) is 0 Å². The Balaban J connectivity index is 1.80. The molecule has 1 heterocycles. The molecule has 10 heteroatoms. The van der Waals surface area contributed by atoms with Crippen LogP contribution in [0.3, 0.4) is 0 Å². The zero-order valence-corrected chi connectivity index (χ0v) is 20.0. The number of nitrogens with one attached hydrogen (secondary N) is 3. The van der Waals surface area contributed by atoms with Gasteiger partial charge < -0.3 is 25.6 Å². The van der Waals surface area contributed by atoms with E-state index in [0.717, 1.165) is 11.3 Å². The quantitative estimate of drug-likeness (QED) is 0.386. The fourth-order valence-corrected chi connectivity index (χ4v) is 4.31. The van der Waals surface area contributed by atoms with Gasteiger partial charge in [0.2, 0.25) is 0 Å². The number of anilines is 2. The number of hydrogen-bond acceptors (Lipinski definition) is 4. The summed E-state index contributed by atoms with van der Waals surface area (Å²) in [6.45, 7) is 4.42. The lowest BCUT2D eigenvalue weighted by Crippen LogP contribution is -2.47. The van der Waals surface area contributed by atoms with Gasteiger partial charge in [-0.25, -0.2) is 9.59 Å². The number of rotatable bonds is 5. The molecule has 2 aromatic carbocycles. The van der Waals surface area contributed by atoms with Gasteiger partial charge in [0.1, 0.15) is 0 Å². The predicted octanol–water partition coefficient (Wildman–Crippen LogP) is 5.34. The number of amides is 2. The molecular weight excluding hydrogens is 471 g/mol. The van der Waals surface area contributed by atoms with Crippen molar-refractivity contribution >= 4 is 63.9 Å². The number of methoxy groups -OCH3 is 1. The molecule has 2 aromatic rings. The minimum Gasteiger partial charge on any atom is -0.466 e. The lowest BCUT2D eigenvalue weighted by atomic mass is 9.95. The van der Waals surface area contributed by atoms with Crippen LogP contribution >= 0.6 is 35.4 Å². The maximum absolute atomic E-state index is 12.5. The third kappa shape index (κ3) is 4.98. The van der Waals surface area contributed by atoms with E-state index in [1.165, 1.54) is 7.11 Å². The van der Waals surface area contributed by atoms with Crippen molar-refractivity contribution in [2.24, 2.45) is 0 Å². The molecule has 1 atom stereocenters. The van der Waals surface area contributed by atoms with Crippen LogP contribution < -0.4 is 16.0 Å². The number of carbonyl (C=O) groups is 2. The Morgan fingerprint density at radius 3 is 2.31 bits per heavy atom. The maximum atomic E-state index is 12.5. The molecule has 32 heavy (non-hydrogen) atoms. The number of halogens is 2. The van der Waals surface area contributed by atoms with E-state index in [-0.39, 0.29) is 0 Å². The molecule has 7 nitrogen and oxygen atoms in total. The Bertz CT molecular complexity index is 1070. The highest BCUT2D eigenvalue weighted by Crippen LogP contribution is 2.32. The third-order valence-corrected chi connectivity index (χ3v) is 5.99. The van der Waals surface area contributed by atoms with E-state index in [0.29, 0.717) is 38.7 Å². The molecule has 0 spiro atoms. The second kappa shape index (κ2) is 10.2. The number of benzene rings is 2. The highest BCUT2D eigenvalue weighted by molar-refractivity contribution is 7.80. The summed E-state index contributed by atoms with van der Waals surface area (Å²) in [6.07, 6.45) is 0. The molecule has 3 rings (SSSR count). The van der Waals surface area contributed by atoms with E-state index in [2.05, 4.69) is 16.0 Å². The van der Waals surface area contributed by atoms with Crippen molar-refractivity contribution in [3.8, 4) is 0 Å². The highest BCUT2D eigenvalue weighted by atomic mass is 35.5. The Morgan fingerprint density at radius 2 is 1.75 bits per heavy atom. The molecule has 0 bridgehead atoms. The van der Waals surface area contributed by atoms with Crippen molar-refractivity contribution in [1.82, 2.24) is 10.2 Å². The number of para-hydroxylation sites is 1. The van der Waals surface area contributed by atoms with E-state index in [1.54, 1.807) is 42.5 Å². The summed E-state index contributed by atoms with van der Waals surface area (Å²) in [5.41, 5.74) is 2.89. The van der Waals surface area contributed by atoms with Gasteiger partial charge in [-0.2, -0.15) is 0 Å². The van der Waals surface area contributed by atoms with Crippen LogP contribution in [0.2, 0.25) is 10.0 Å². The summed E-state index contributed by atoms with van der Waals surface area (Å²) >= 11 is 17.6. The molecule has 0 saturated heterocycles. The maximum Gasteiger partial charge on any atom is 0.337 e. The van der Waals surface area contributed by atoms with Crippen LogP contribution in [0.25, 0.3) is 0 Å². The fourth-order valence-electron chi connectivity index (χ4n) is 3.44. The summed E-state index contributed by atoms with van der Waals surface area (Å²) in [5.74, 6) is -0.431. The first-order valence-electron chi connectivity index (χ1n) is 9.75. The first-order valence-corrected chi connectivity index (χ1v) is 10.9. The number of allylic oxidation sites excluding steroid dienone is 1. The van der Waals surface area contributed by atoms with Crippen molar-refractivity contribution in [2.45, 2.75) is 19.9 Å². The summed E-state index contributed by atoms with van der Waals surface area (Å²) < 4.78 is 5.00. The average Bonchev–Trinajstić information content (AvgIpc) is 2.76. The minimum absolute atomic E-state index is 0.327. The van der Waals surface area contributed by atoms with Crippen LogP contribution in [0.4, 0.5) is 16.2 Å². The molecule has 0 saturated carbocycles. The van der Waals surface area contributed by atoms with E-state index in [1.807, 2.05) is 18.7 Å². The van der Waals surface area contributed by atoms with Gasteiger partial charge in [-0.05, 0) is 55.9 Å². The number of nitrogens with zero attached hydrogens (tertiary/aromatic N) is 1. The van der Waals surface area contributed by atoms with Gasteiger partial charge in [-0.3, -0.25) is 0 Å². The van der Waals surface area contributed by atoms with E-state index >= 15 is 0 Å². The number of carbonyl (C=O) groups excluding carboxylic acids is 2. The van der Waals surface area contributed by atoms with Crippen LogP contribution in [-0.4, -0.2) is 35.7 Å². The van der Waals surface area contributed by atoms with E-state index in [4.69, 9.17) is 40.2 Å². The molecule has 3 N–H and O–H groups in total. The summed E-state index contributed by atoms with van der Waals surface area (Å²) in [4.78, 5) is 26.7. The molecule has 1 aliphatic heterocycles. The summed E-state index contributed by atoms with van der Waals surface area (Å²) in [7, 11) is 1.35. The number of ether oxygens (including phenoxy) is 1. The third-order valence-electron chi connectivity index (χ3n) is 5.02. The largest absolute Gasteiger partial charge is 0.466 e. The molecule has 0 aromatic heterocycles. The zero-order chi connectivity index (χ0) is 23.4. The smallest absolute Gasteiger partial charge is 0.337 e. The van der Waals surface area contributed by atoms with E-state index in [9.17, 15) is 9.59 Å². The normalized spacial score (nSPS) is 15.8. The molecular formula is C22H22Cl2N4O3S. The Kier molecular flexibility index (Phi) is 7.60. The second-order valence-corrected chi connectivity index (χ2v) is 8.12. The summed E-state index contributed by atoms with van der Waals surface area (Å²) in [5, 5.41) is 9.77. The zero-order valence-electron chi connectivity index (χ0n) is 17.7. The lowest BCUT2D eigenvalue weighted by Gasteiger charge is -2.36. The Morgan fingerprint density at radius 1 is 1.12 bits per heavy atom. The highest BCUT2D eigenvalue weighted by Gasteiger charge is 2.33. The number of thiocarbonyl (C=S) groups is 1. The topological polar surface area (TPSA) is 82.7 Å². The first-order chi connectivity index (χ1) is 15.3. The van der Waals surface area contributed by atoms with Crippen molar-refractivity contribution in [1.29, 1.82) is 0 Å². The van der Waals surface area contributed by atoms with Crippen molar-refractivity contribution in [3.63, 3.8) is 0 Å². The number of hydrogen-bond donors (Lipinski definition) is 3. The van der Waals surface area contributed by atoms with Crippen LogP contribution in [0.1, 0.15) is 25.5 Å². The van der Waals surface area contributed by atoms with Crippen LogP contribution in [-0.2, 0) is 9.53 Å². The number of esters is 1. The molecule has 0 fully saturated rings. The first kappa shape index (κ1) is 23.8. The lowest BCUT2D eigenvalue weighted by molar-refractivity contribution is -0.136. The van der Waals surface area contributed by atoms with Crippen LogP contribution in [0.15, 0.2) is 53.7 Å². The Labute approximate surface area is 201 Å². The average molecular weight is 493 g/mol. The predicted molar refractivity (Wildman–Crippen MR) is 131 cm³/mol. The molecule has 0 unspecified atom stereocenters. The van der Waals surface area contributed by atoms with Crippen molar-refractivity contribution in [2.75, 3.05) is 24.3 Å². The van der Waals surface area contributed by atoms with Gasteiger partial charge in [-0.1, -0.05) is 41.4 Å². The standard InChI is InChI=1S/C22H22Cl2N4O3S/c1-4-28-12(2)17(20(29)31-3)18(27-22(28)32)13-8-10-14(11-9-13)25-21(30)26-19-15(23)6-5-7-16(19)24/h5-11,18H,4H2,1-3H3,(H,27,32)(H2,25,26,30)/t18-/m1/s1. The molecule has 0 aliphatic carbocycles. The van der Waals surface area contributed by atoms with Crippen molar-refractivity contribution < 1.29 is 14.3 Å². The van der Waals surface area contributed by atoms with Gasteiger partial charge >= 0.3 is 12.0 Å². The Hall–Kier alpha value is -2.81. The monoisotopic (exact) mass is 492 g/mol. The second-order valence-electron chi connectivity index (χ2n) is 6.92. The van der Waals surface area contributed by atoms with Gasteiger partial charge in [-0.15, -0.1) is 0 Å². The molecule has 2 amide bonds.